The van der Waals surface area contributed by atoms with Crippen LogP contribution in [0.15, 0.2) is 36.4 Å². The number of fused-ring (bicyclic) bond motifs is 2. The van der Waals surface area contributed by atoms with Crippen molar-refractivity contribution in [2.24, 2.45) is 0 Å². The number of aryl methyl sites for hydroxylation is 3. The third-order valence-electron chi connectivity index (χ3n) is 4.59. The molecule has 0 atom stereocenters. The largest absolute Gasteiger partial charge is 0.457 e. The highest BCUT2D eigenvalue weighted by molar-refractivity contribution is 6.36. The van der Waals surface area contributed by atoms with Gasteiger partial charge in [-0.15, -0.1) is 0 Å². The molecule has 0 amide bonds. The molecule has 0 N–H and O–H groups in total. The molecule has 2 nitrogen and oxygen atoms in total. The van der Waals surface area contributed by atoms with Crippen molar-refractivity contribution in [2.45, 2.75) is 39.5 Å². The molecular formula is C21H20ClNO. The van der Waals surface area contributed by atoms with Gasteiger partial charge in [0.05, 0.1) is 10.5 Å². The van der Waals surface area contributed by atoms with Gasteiger partial charge in [-0.3, -0.25) is 4.98 Å². The van der Waals surface area contributed by atoms with Gasteiger partial charge in [0.1, 0.15) is 11.5 Å². The average Bonchev–Trinajstić information content (AvgIpc) is 2.55. The Morgan fingerprint density at radius 1 is 0.917 bits per heavy atom. The van der Waals surface area contributed by atoms with Crippen LogP contribution in [0.2, 0.25) is 5.02 Å². The van der Waals surface area contributed by atoms with E-state index in [1.807, 2.05) is 30.3 Å². The van der Waals surface area contributed by atoms with Crippen LogP contribution in [-0.4, -0.2) is 4.98 Å². The molecule has 24 heavy (non-hydrogen) atoms. The van der Waals surface area contributed by atoms with Gasteiger partial charge in [0, 0.05) is 11.1 Å². The number of halogens is 1. The second-order valence-electron chi connectivity index (χ2n) is 6.66. The number of benzene rings is 2. The fourth-order valence-electron chi connectivity index (χ4n) is 3.54. The molecule has 1 heterocycles. The molecule has 1 aliphatic carbocycles. The lowest BCUT2D eigenvalue weighted by atomic mass is 9.94. The molecule has 0 fully saturated rings. The summed E-state index contributed by atoms with van der Waals surface area (Å²) in [5, 5.41) is 1.83. The Hall–Kier alpha value is -2.06. The first kappa shape index (κ1) is 15.5. The Bertz CT molecular complexity index is 913. The van der Waals surface area contributed by atoms with Crippen molar-refractivity contribution in [2.75, 3.05) is 0 Å². The van der Waals surface area contributed by atoms with E-state index in [0.717, 1.165) is 40.3 Å². The minimum atomic E-state index is 0.798. The van der Waals surface area contributed by atoms with Crippen LogP contribution in [0.4, 0.5) is 0 Å². The van der Waals surface area contributed by atoms with Crippen molar-refractivity contribution in [1.82, 2.24) is 4.98 Å². The van der Waals surface area contributed by atoms with Gasteiger partial charge in [0.2, 0.25) is 0 Å². The molecule has 0 spiro atoms. The third kappa shape index (κ3) is 2.87. The van der Waals surface area contributed by atoms with Crippen molar-refractivity contribution in [3.05, 3.63) is 63.8 Å². The summed E-state index contributed by atoms with van der Waals surface area (Å²) in [5.41, 5.74) is 5.73. The van der Waals surface area contributed by atoms with Crippen molar-refractivity contribution in [3.8, 4) is 11.5 Å². The lowest BCUT2D eigenvalue weighted by Crippen LogP contribution is -2.06. The molecule has 4 rings (SSSR count). The van der Waals surface area contributed by atoms with Gasteiger partial charge in [-0.05, 0) is 86.6 Å². The van der Waals surface area contributed by atoms with Crippen LogP contribution in [0.3, 0.4) is 0 Å². The highest BCUT2D eigenvalue weighted by Gasteiger charge is 2.17. The van der Waals surface area contributed by atoms with E-state index < -0.39 is 0 Å². The van der Waals surface area contributed by atoms with E-state index >= 15 is 0 Å². The number of pyridine rings is 1. The number of hydrogen-bond acceptors (Lipinski definition) is 2. The summed E-state index contributed by atoms with van der Waals surface area (Å²) in [6.07, 6.45) is 4.46. The molecule has 0 aliphatic heterocycles. The molecule has 0 saturated heterocycles. The van der Waals surface area contributed by atoms with Crippen LogP contribution < -0.4 is 4.74 Å². The smallest absolute Gasteiger partial charge is 0.128 e. The molecular weight excluding hydrogens is 318 g/mol. The van der Waals surface area contributed by atoms with E-state index in [2.05, 4.69) is 19.9 Å². The Morgan fingerprint density at radius 3 is 2.46 bits per heavy atom. The summed E-state index contributed by atoms with van der Waals surface area (Å²) < 4.78 is 6.06. The van der Waals surface area contributed by atoms with Gasteiger partial charge >= 0.3 is 0 Å². The van der Waals surface area contributed by atoms with E-state index in [-0.39, 0.29) is 0 Å². The number of hydrogen-bond donors (Lipinski definition) is 0. The van der Waals surface area contributed by atoms with Crippen LogP contribution in [0.5, 0.6) is 11.5 Å². The number of ether oxygens (including phenoxy) is 1. The molecule has 0 unspecified atom stereocenters. The predicted molar refractivity (Wildman–Crippen MR) is 99.4 cm³/mol. The van der Waals surface area contributed by atoms with Crippen LogP contribution in [-0.2, 0) is 12.8 Å². The topological polar surface area (TPSA) is 22.1 Å². The molecule has 1 aliphatic rings. The lowest BCUT2D eigenvalue weighted by molar-refractivity contribution is 0.482. The second-order valence-corrected chi connectivity index (χ2v) is 7.04. The zero-order valence-corrected chi connectivity index (χ0v) is 14.8. The Kier molecular flexibility index (Phi) is 3.93. The Labute approximate surface area is 147 Å². The summed E-state index contributed by atoms with van der Waals surface area (Å²) in [5.74, 6) is 1.65. The second kappa shape index (κ2) is 6.10. The van der Waals surface area contributed by atoms with Crippen LogP contribution >= 0.6 is 11.6 Å². The van der Waals surface area contributed by atoms with Crippen molar-refractivity contribution < 1.29 is 4.74 Å². The maximum atomic E-state index is 6.69. The zero-order valence-electron chi connectivity index (χ0n) is 14.0. The zero-order chi connectivity index (χ0) is 16.7. The van der Waals surface area contributed by atoms with Gasteiger partial charge in [0.25, 0.3) is 0 Å². The molecule has 0 saturated carbocycles. The molecule has 0 radical (unpaired) electrons. The number of aromatic nitrogens is 1. The van der Waals surface area contributed by atoms with Crippen LogP contribution in [0, 0.1) is 13.8 Å². The maximum absolute atomic E-state index is 6.69. The van der Waals surface area contributed by atoms with Gasteiger partial charge < -0.3 is 4.74 Å². The minimum absolute atomic E-state index is 0.798. The molecule has 122 valence electrons. The van der Waals surface area contributed by atoms with Crippen LogP contribution in [0.25, 0.3) is 10.9 Å². The van der Waals surface area contributed by atoms with Gasteiger partial charge in [-0.2, -0.15) is 0 Å². The Balaban J connectivity index is 1.76. The predicted octanol–water partition coefficient (Wildman–Crippen LogP) is 6.18. The summed E-state index contributed by atoms with van der Waals surface area (Å²) in [7, 11) is 0. The van der Waals surface area contributed by atoms with E-state index in [1.54, 1.807) is 0 Å². The monoisotopic (exact) mass is 337 g/mol. The average molecular weight is 338 g/mol. The quantitative estimate of drug-likeness (QED) is 0.557. The first-order valence-corrected chi connectivity index (χ1v) is 8.85. The standard InChI is InChI=1S/C21H20ClNO/c1-13-9-14(2)11-16(10-13)24-15-7-8-20-18(12-15)21(22)17-5-3-4-6-19(17)23-20/h7-12H,3-6H2,1-2H3. The third-order valence-corrected chi connectivity index (χ3v) is 5.03. The summed E-state index contributed by atoms with van der Waals surface area (Å²) in [4.78, 5) is 4.81. The van der Waals surface area contributed by atoms with E-state index in [4.69, 9.17) is 21.3 Å². The highest BCUT2D eigenvalue weighted by Crippen LogP contribution is 2.35. The minimum Gasteiger partial charge on any atom is -0.457 e. The van der Waals surface area contributed by atoms with Gasteiger partial charge in [0.15, 0.2) is 0 Å². The highest BCUT2D eigenvalue weighted by atomic mass is 35.5. The van der Waals surface area contributed by atoms with Crippen molar-refractivity contribution >= 4 is 22.5 Å². The normalized spacial score (nSPS) is 13.8. The van der Waals surface area contributed by atoms with E-state index in [9.17, 15) is 0 Å². The Morgan fingerprint density at radius 2 is 1.67 bits per heavy atom. The summed E-state index contributed by atoms with van der Waals surface area (Å²) in [6, 6.07) is 12.2. The van der Waals surface area contributed by atoms with Gasteiger partial charge in [-0.1, -0.05) is 17.7 Å². The lowest BCUT2D eigenvalue weighted by Gasteiger charge is -2.18. The van der Waals surface area contributed by atoms with E-state index in [0.29, 0.717) is 0 Å². The molecule has 3 aromatic rings. The summed E-state index contributed by atoms with van der Waals surface area (Å²) in [6.45, 7) is 4.15. The molecule has 1 aromatic heterocycles. The molecule has 0 bridgehead atoms. The first-order valence-electron chi connectivity index (χ1n) is 8.47. The number of rotatable bonds is 2. The van der Waals surface area contributed by atoms with Crippen molar-refractivity contribution in [3.63, 3.8) is 0 Å². The first-order chi connectivity index (χ1) is 11.6. The van der Waals surface area contributed by atoms with E-state index in [1.165, 1.54) is 35.2 Å². The number of nitrogens with zero attached hydrogens (tertiary/aromatic N) is 1. The van der Waals surface area contributed by atoms with Crippen molar-refractivity contribution in [1.29, 1.82) is 0 Å². The van der Waals surface area contributed by atoms with Crippen LogP contribution in [0.1, 0.15) is 35.2 Å². The fraction of sp³-hybridized carbons (Fsp3) is 0.286. The molecule has 3 heteroatoms. The fourth-order valence-corrected chi connectivity index (χ4v) is 3.89. The summed E-state index contributed by atoms with van der Waals surface area (Å²) >= 11 is 6.69. The SMILES string of the molecule is Cc1cc(C)cc(Oc2ccc3nc4c(c(Cl)c3c2)CCCC4)c1. The van der Waals surface area contributed by atoms with Gasteiger partial charge in [-0.25, -0.2) is 0 Å². The molecule has 2 aromatic carbocycles. The maximum Gasteiger partial charge on any atom is 0.128 e.